The van der Waals surface area contributed by atoms with Gasteiger partial charge in [-0.15, -0.1) is 11.3 Å². The molecule has 0 aliphatic heterocycles. The molecule has 3 rings (SSSR count). The Morgan fingerprint density at radius 3 is 2.60 bits per heavy atom. The molecular formula is C21H26N6O2S. The highest BCUT2D eigenvalue weighted by Crippen LogP contribution is 2.25. The van der Waals surface area contributed by atoms with Crippen LogP contribution < -0.4 is 16.0 Å². The first-order valence-corrected chi connectivity index (χ1v) is 10.7. The molecule has 9 heteroatoms. The average molecular weight is 427 g/mol. The van der Waals surface area contributed by atoms with E-state index in [1.807, 2.05) is 24.3 Å². The Labute approximate surface area is 179 Å². The Balaban J connectivity index is 1.54. The molecular weight excluding hydrogens is 400 g/mol. The standard InChI is InChI=1S/C21H26N6O2S/c1-14(2)10-17(12-28)23-11-16-4-3-5-18(24-16)26-21(29)27-19-13-30-20(25-19)15-6-8-22-9-7-15/h3-9,13-14,17,23,28H,10-12H2,1-2H3,(H2,24,26,27,29). The normalized spacial score (nSPS) is 12.0. The van der Waals surface area contributed by atoms with Crippen molar-refractivity contribution in [1.82, 2.24) is 20.3 Å². The number of rotatable bonds is 9. The van der Waals surface area contributed by atoms with Gasteiger partial charge in [0.15, 0.2) is 0 Å². The maximum atomic E-state index is 12.3. The number of amides is 2. The van der Waals surface area contributed by atoms with Gasteiger partial charge in [0.1, 0.15) is 16.6 Å². The van der Waals surface area contributed by atoms with Crippen LogP contribution >= 0.6 is 11.3 Å². The lowest BCUT2D eigenvalue weighted by Gasteiger charge is -2.18. The molecule has 0 spiro atoms. The number of urea groups is 1. The van der Waals surface area contributed by atoms with Crippen LogP contribution in [0.2, 0.25) is 0 Å². The smallest absolute Gasteiger partial charge is 0.326 e. The third-order valence-electron chi connectivity index (χ3n) is 4.27. The van der Waals surface area contributed by atoms with Crippen molar-refractivity contribution in [3.63, 3.8) is 0 Å². The van der Waals surface area contributed by atoms with Crippen LogP contribution in [-0.2, 0) is 6.54 Å². The molecule has 3 heterocycles. The third kappa shape index (κ3) is 6.58. The number of aliphatic hydroxyl groups excluding tert-OH is 1. The molecule has 0 saturated heterocycles. The van der Waals surface area contributed by atoms with E-state index in [0.717, 1.165) is 22.7 Å². The second kappa shape index (κ2) is 10.8. The van der Waals surface area contributed by atoms with Gasteiger partial charge in [-0.1, -0.05) is 19.9 Å². The number of nitrogens with one attached hydrogen (secondary N) is 3. The van der Waals surface area contributed by atoms with E-state index in [2.05, 4.69) is 44.7 Å². The molecule has 8 nitrogen and oxygen atoms in total. The van der Waals surface area contributed by atoms with Gasteiger partial charge in [-0.05, 0) is 36.6 Å². The van der Waals surface area contributed by atoms with Gasteiger partial charge in [-0.2, -0.15) is 0 Å². The molecule has 2 amide bonds. The molecule has 0 aliphatic carbocycles. The zero-order valence-corrected chi connectivity index (χ0v) is 17.8. The summed E-state index contributed by atoms with van der Waals surface area (Å²) in [5.41, 5.74) is 1.73. The summed E-state index contributed by atoms with van der Waals surface area (Å²) in [5.74, 6) is 1.41. The summed E-state index contributed by atoms with van der Waals surface area (Å²) >= 11 is 1.44. The van der Waals surface area contributed by atoms with Gasteiger partial charge < -0.3 is 10.4 Å². The number of carbonyl (C=O) groups is 1. The minimum Gasteiger partial charge on any atom is -0.395 e. The zero-order valence-electron chi connectivity index (χ0n) is 17.0. The SMILES string of the molecule is CC(C)CC(CO)NCc1cccc(NC(=O)Nc2csc(-c3ccncc3)n2)n1. The van der Waals surface area contributed by atoms with Gasteiger partial charge in [0.25, 0.3) is 0 Å². The first kappa shape index (κ1) is 21.8. The largest absolute Gasteiger partial charge is 0.395 e. The number of anilines is 2. The summed E-state index contributed by atoms with van der Waals surface area (Å²) in [6.45, 7) is 4.83. The van der Waals surface area contributed by atoms with Crippen molar-refractivity contribution >= 4 is 29.0 Å². The highest BCUT2D eigenvalue weighted by molar-refractivity contribution is 7.13. The van der Waals surface area contributed by atoms with Gasteiger partial charge in [-0.25, -0.2) is 14.8 Å². The number of hydrogen-bond acceptors (Lipinski definition) is 7. The summed E-state index contributed by atoms with van der Waals surface area (Å²) in [6, 6.07) is 8.79. The van der Waals surface area contributed by atoms with E-state index in [-0.39, 0.29) is 12.6 Å². The molecule has 0 radical (unpaired) electrons. The lowest BCUT2D eigenvalue weighted by atomic mass is 10.0. The van der Waals surface area contributed by atoms with Crippen molar-refractivity contribution in [2.24, 2.45) is 5.92 Å². The zero-order chi connectivity index (χ0) is 21.3. The Hall–Kier alpha value is -2.88. The third-order valence-corrected chi connectivity index (χ3v) is 5.16. The average Bonchev–Trinajstić information content (AvgIpc) is 3.20. The van der Waals surface area contributed by atoms with E-state index in [4.69, 9.17) is 0 Å². The number of hydrogen-bond donors (Lipinski definition) is 4. The van der Waals surface area contributed by atoms with Crippen LogP contribution in [0.15, 0.2) is 48.1 Å². The molecule has 0 saturated carbocycles. The molecule has 0 bridgehead atoms. The lowest BCUT2D eigenvalue weighted by molar-refractivity contribution is 0.223. The van der Waals surface area contributed by atoms with Crippen LogP contribution in [0, 0.1) is 5.92 Å². The molecule has 3 aromatic heterocycles. The Bertz CT molecular complexity index is 947. The van der Waals surface area contributed by atoms with E-state index in [9.17, 15) is 9.90 Å². The monoisotopic (exact) mass is 426 g/mol. The summed E-state index contributed by atoms with van der Waals surface area (Å²) in [7, 11) is 0. The summed E-state index contributed by atoms with van der Waals surface area (Å²) < 4.78 is 0. The maximum Gasteiger partial charge on any atom is 0.326 e. The van der Waals surface area contributed by atoms with E-state index in [1.54, 1.807) is 23.8 Å². The van der Waals surface area contributed by atoms with Crippen molar-refractivity contribution in [2.75, 3.05) is 17.2 Å². The van der Waals surface area contributed by atoms with Crippen LogP contribution in [0.1, 0.15) is 26.0 Å². The highest BCUT2D eigenvalue weighted by Gasteiger charge is 2.11. The number of thiazole rings is 1. The predicted molar refractivity (Wildman–Crippen MR) is 119 cm³/mol. The first-order chi connectivity index (χ1) is 14.5. The quantitative estimate of drug-likeness (QED) is 0.415. The van der Waals surface area contributed by atoms with Crippen LogP contribution in [0.25, 0.3) is 10.6 Å². The molecule has 1 unspecified atom stereocenters. The molecule has 1 atom stereocenters. The number of aliphatic hydroxyl groups is 1. The van der Waals surface area contributed by atoms with Crippen molar-refractivity contribution in [2.45, 2.75) is 32.9 Å². The molecule has 3 aromatic rings. The fourth-order valence-electron chi connectivity index (χ4n) is 2.91. The van der Waals surface area contributed by atoms with Crippen LogP contribution in [0.4, 0.5) is 16.4 Å². The van der Waals surface area contributed by atoms with Crippen molar-refractivity contribution in [3.05, 3.63) is 53.8 Å². The van der Waals surface area contributed by atoms with E-state index in [0.29, 0.717) is 24.1 Å². The number of nitrogens with zero attached hydrogens (tertiary/aromatic N) is 3. The van der Waals surface area contributed by atoms with E-state index in [1.165, 1.54) is 11.3 Å². The molecule has 4 N–H and O–H groups in total. The second-order valence-electron chi connectivity index (χ2n) is 7.26. The molecule has 0 aliphatic rings. The van der Waals surface area contributed by atoms with Gasteiger partial charge in [0.05, 0.1) is 12.3 Å². The van der Waals surface area contributed by atoms with E-state index >= 15 is 0 Å². The van der Waals surface area contributed by atoms with Crippen molar-refractivity contribution in [1.29, 1.82) is 0 Å². The van der Waals surface area contributed by atoms with Gasteiger partial charge in [-0.3, -0.25) is 15.6 Å². The molecule has 30 heavy (non-hydrogen) atoms. The van der Waals surface area contributed by atoms with E-state index < -0.39 is 6.03 Å². The van der Waals surface area contributed by atoms with Crippen LogP contribution in [0.3, 0.4) is 0 Å². The Morgan fingerprint density at radius 2 is 1.87 bits per heavy atom. The second-order valence-corrected chi connectivity index (χ2v) is 8.12. The Kier molecular flexibility index (Phi) is 7.83. The number of carbonyl (C=O) groups excluding carboxylic acids is 1. The van der Waals surface area contributed by atoms with Crippen LogP contribution in [-0.4, -0.2) is 38.7 Å². The fraction of sp³-hybridized carbons (Fsp3) is 0.333. The van der Waals surface area contributed by atoms with Gasteiger partial charge in [0.2, 0.25) is 0 Å². The summed E-state index contributed by atoms with van der Waals surface area (Å²) in [5, 5.41) is 20.8. The predicted octanol–water partition coefficient (Wildman–Crippen LogP) is 3.74. The van der Waals surface area contributed by atoms with Crippen LogP contribution in [0.5, 0.6) is 0 Å². The van der Waals surface area contributed by atoms with Crippen molar-refractivity contribution < 1.29 is 9.90 Å². The maximum absolute atomic E-state index is 12.3. The summed E-state index contributed by atoms with van der Waals surface area (Å²) in [4.78, 5) is 25.2. The number of aromatic nitrogens is 3. The Morgan fingerprint density at radius 1 is 1.10 bits per heavy atom. The summed E-state index contributed by atoms with van der Waals surface area (Å²) in [6.07, 6.45) is 4.29. The van der Waals surface area contributed by atoms with Gasteiger partial charge >= 0.3 is 6.03 Å². The lowest BCUT2D eigenvalue weighted by Crippen LogP contribution is -2.33. The number of pyridine rings is 2. The fourth-order valence-corrected chi connectivity index (χ4v) is 3.67. The first-order valence-electron chi connectivity index (χ1n) is 9.77. The topological polar surface area (TPSA) is 112 Å². The minimum atomic E-state index is -0.410. The highest BCUT2D eigenvalue weighted by atomic mass is 32.1. The molecule has 0 aromatic carbocycles. The van der Waals surface area contributed by atoms with Gasteiger partial charge in [0, 0.05) is 35.9 Å². The van der Waals surface area contributed by atoms with Crippen molar-refractivity contribution in [3.8, 4) is 10.6 Å². The minimum absolute atomic E-state index is 0.0194. The molecule has 158 valence electrons. The molecule has 0 fully saturated rings.